The summed E-state index contributed by atoms with van der Waals surface area (Å²) in [4.78, 5) is 40.9. The number of imidazole rings is 1. The van der Waals surface area contributed by atoms with Gasteiger partial charge in [-0.3, -0.25) is 18.7 Å². The molecule has 1 amide bonds. The maximum atomic E-state index is 12.4. The second-order valence-electron chi connectivity index (χ2n) is 6.07. The Morgan fingerprint density at radius 1 is 1.12 bits per heavy atom. The summed E-state index contributed by atoms with van der Waals surface area (Å²) >= 11 is 0. The Morgan fingerprint density at radius 3 is 2.40 bits per heavy atom. The van der Waals surface area contributed by atoms with Gasteiger partial charge in [0.25, 0.3) is 5.56 Å². The molecule has 0 atom stereocenters. The highest BCUT2D eigenvalue weighted by Crippen LogP contribution is 2.19. The van der Waals surface area contributed by atoms with Crippen molar-refractivity contribution >= 4 is 22.8 Å². The summed E-state index contributed by atoms with van der Waals surface area (Å²) in [6, 6.07) is 5.76. The Hall–Kier alpha value is -3.16. The first kappa shape index (κ1) is 16.7. The first-order valence-electron chi connectivity index (χ1n) is 7.78. The van der Waals surface area contributed by atoms with Gasteiger partial charge in [0.2, 0.25) is 5.91 Å². The van der Waals surface area contributed by atoms with Crippen molar-refractivity contribution in [1.82, 2.24) is 18.7 Å². The lowest BCUT2D eigenvalue weighted by Gasteiger charge is -2.12. The number of amides is 1. The number of benzene rings is 1. The fourth-order valence-electron chi connectivity index (χ4n) is 2.86. The molecule has 1 aromatic carbocycles. The van der Waals surface area contributed by atoms with Crippen molar-refractivity contribution in [3.8, 4) is 0 Å². The summed E-state index contributed by atoms with van der Waals surface area (Å²) in [7, 11) is 2.94. The smallest absolute Gasteiger partial charge is 0.324 e. The van der Waals surface area contributed by atoms with Crippen LogP contribution >= 0.6 is 0 Å². The highest BCUT2D eigenvalue weighted by molar-refractivity contribution is 5.92. The van der Waals surface area contributed by atoms with Crippen LogP contribution in [0.3, 0.4) is 0 Å². The highest BCUT2D eigenvalue weighted by atomic mass is 16.2. The summed E-state index contributed by atoms with van der Waals surface area (Å²) in [5.74, 6) is -0.271. The standard InChI is InChI=1S/C17H19N5O3/c1-10-6-5-7-11(2)13(10)19-12(23)8-22-9-18-15-14(22)16(24)21(4)17(25)20(15)3/h5-7,9H,8H2,1-4H3,(H,19,23). The molecular weight excluding hydrogens is 322 g/mol. The van der Waals surface area contributed by atoms with Gasteiger partial charge in [0.05, 0.1) is 6.33 Å². The molecule has 0 spiro atoms. The number of anilines is 1. The number of aryl methyl sites for hydroxylation is 3. The summed E-state index contributed by atoms with van der Waals surface area (Å²) in [5, 5.41) is 2.88. The Kier molecular flexibility index (Phi) is 4.03. The van der Waals surface area contributed by atoms with Gasteiger partial charge in [0.15, 0.2) is 11.2 Å². The predicted molar refractivity (Wildman–Crippen MR) is 94.8 cm³/mol. The number of nitrogens with one attached hydrogen (secondary N) is 1. The van der Waals surface area contributed by atoms with E-state index in [-0.39, 0.29) is 23.6 Å². The number of hydrogen-bond acceptors (Lipinski definition) is 4. The number of rotatable bonds is 3. The lowest BCUT2D eigenvalue weighted by molar-refractivity contribution is -0.116. The van der Waals surface area contributed by atoms with Crippen LogP contribution < -0.4 is 16.6 Å². The number of carbonyl (C=O) groups is 1. The van der Waals surface area contributed by atoms with E-state index in [4.69, 9.17) is 0 Å². The molecular formula is C17H19N5O3. The molecule has 25 heavy (non-hydrogen) atoms. The van der Waals surface area contributed by atoms with Crippen LogP contribution in [0.1, 0.15) is 11.1 Å². The molecule has 8 heteroatoms. The molecule has 0 bridgehead atoms. The normalized spacial score (nSPS) is 11.0. The first-order chi connectivity index (χ1) is 11.8. The SMILES string of the molecule is Cc1cccc(C)c1NC(=O)Cn1cnc2c1c(=O)n(C)c(=O)n2C. The lowest BCUT2D eigenvalue weighted by atomic mass is 10.1. The molecule has 2 aromatic heterocycles. The minimum atomic E-state index is -0.476. The van der Waals surface area contributed by atoms with E-state index in [1.165, 1.54) is 29.6 Å². The Morgan fingerprint density at radius 2 is 1.76 bits per heavy atom. The summed E-state index contributed by atoms with van der Waals surface area (Å²) in [5.41, 5.74) is 2.23. The largest absolute Gasteiger partial charge is 0.332 e. The maximum absolute atomic E-state index is 12.4. The molecule has 2 heterocycles. The van der Waals surface area contributed by atoms with Gasteiger partial charge < -0.3 is 9.88 Å². The molecule has 0 aliphatic carbocycles. The zero-order valence-electron chi connectivity index (χ0n) is 14.5. The van der Waals surface area contributed by atoms with Crippen LogP contribution in [0.25, 0.3) is 11.2 Å². The van der Waals surface area contributed by atoms with Crippen LogP contribution in [0, 0.1) is 13.8 Å². The topological polar surface area (TPSA) is 90.9 Å². The van der Waals surface area contributed by atoms with E-state index in [2.05, 4.69) is 10.3 Å². The third kappa shape index (κ3) is 2.75. The average molecular weight is 341 g/mol. The zero-order valence-corrected chi connectivity index (χ0v) is 14.5. The van der Waals surface area contributed by atoms with E-state index >= 15 is 0 Å². The molecule has 0 radical (unpaired) electrons. The molecule has 130 valence electrons. The molecule has 8 nitrogen and oxygen atoms in total. The van der Waals surface area contributed by atoms with Crippen LogP contribution in [0.5, 0.6) is 0 Å². The Bertz CT molecular complexity index is 1080. The van der Waals surface area contributed by atoms with Gasteiger partial charge >= 0.3 is 5.69 Å². The minimum Gasteiger partial charge on any atom is -0.324 e. The van der Waals surface area contributed by atoms with Crippen molar-refractivity contribution in [1.29, 1.82) is 0 Å². The average Bonchev–Trinajstić information content (AvgIpc) is 2.98. The molecule has 0 saturated heterocycles. The van der Waals surface area contributed by atoms with E-state index in [1.54, 1.807) is 0 Å². The molecule has 0 saturated carbocycles. The van der Waals surface area contributed by atoms with Gasteiger partial charge in [-0.1, -0.05) is 18.2 Å². The predicted octanol–water partition coefficient (Wildman–Crippen LogP) is 0.689. The monoisotopic (exact) mass is 341 g/mol. The van der Waals surface area contributed by atoms with Gasteiger partial charge in [0, 0.05) is 19.8 Å². The number of hydrogen-bond donors (Lipinski definition) is 1. The van der Waals surface area contributed by atoms with E-state index in [0.29, 0.717) is 0 Å². The van der Waals surface area contributed by atoms with Crippen LogP contribution in [0.2, 0.25) is 0 Å². The third-order valence-corrected chi connectivity index (χ3v) is 4.28. The van der Waals surface area contributed by atoms with Crippen molar-refractivity contribution in [2.75, 3.05) is 5.32 Å². The highest BCUT2D eigenvalue weighted by Gasteiger charge is 2.16. The number of fused-ring (bicyclic) bond motifs is 1. The van der Waals surface area contributed by atoms with Crippen LogP contribution in [0.4, 0.5) is 5.69 Å². The van der Waals surface area contributed by atoms with Crippen molar-refractivity contribution in [2.24, 2.45) is 14.1 Å². The van der Waals surface area contributed by atoms with E-state index in [0.717, 1.165) is 21.4 Å². The van der Waals surface area contributed by atoms with Gasteiger partial charge in [0.1, 0.15) is 6.54 Å². The number of para-hydroxylation sites is 1. The van der Waals surface area contributed by atoms with Crippen molar-refractivity contribution in [3.63, 3.8) is 0 Å². The Balaban J connectivity index is 1.98. The van der Waals surface area contributed by atoms with E-state index in [1.807, 2.05) is 32.0 Å². The molecule has 0 unspecified atom stereocenters. The van der Waals surface area contributed by atoms with Crippen LogP contribution in [-0.4, -0.2) is 24.6 Å². The van der Waals surface area contributed by atoms with Crippen molar-refractivity contribution in [3.05, 3.63) is 56.5 Å². The van der Waals surface area contributed by atoms with Crippen molar-refractivity contribution in [2.45, 2.75) is 20.4 Å². The maximum Gasteiger partial charge on any atom is 0.332 e. The lowest BCUT2D eigenvalue weighted by Crippen LogP contribution is -2.37. The van der Waals surface area contributed by atoms with Gasteiger partial charge in [-0.05, 0) is 25.0 Å². The zero-order chi connectivity index (χ0) is 18.3. The molecule has 0 aliphatic rings. The van der Waals surface area contributed by atoms with Gasteiger partial charge in [-0.25, -0.2) is 9.78 Å². The fraction of sp³-hybridized carbons (Fsp3) is 0.294. The van der Waals surface area contributed by atoms with Crippen LogP contribution in [0.15, 0.2) is 34.1 Å². The van der Waals surface area contributed by atoms with Crippen LogP contribution in [-0.2, 0) is 25.4 Å². The minimum absolute atomic E-state index is 0.0717. The van der Waals surface area contributed by atoms with Gasteiger partial charge in [-0.2, -0.15) is 0 Å². The number of nitrogens with zero attached hydrogens (tertiary/aromatic N) is 4. The molecule has 3 rings (SSSR count). The number of carbonyl (C=O) groups excluding carboxylic acids is 1. The van der Waals surface area contributed by atoms with Gasteiger partial charge in [-0.15, -0.1) is 0 Å². The third-order valence-electron chi connectivity index (χ3n) is 4.28. The molecule has 0 fully saturated rings. The summed E-state index contributed by atoms with van der Waals surface area (Å²) in [6.45, 7) is 3.76. The van der Waals surface area contributed by atoms with E-state index < -0.39 is 11.2 Å². The second kappa shape index (κ2) is 6.04. The van der Waals surface area contributed by atoms with Crippen molar-refractivity contribution < 1.29 is 4.79 Å². The summed E-state index contributed by atoms with van der Waals surface area (Å²) < 4.78 is 3.75. The quantitative estimate of drug-likeness (QED) is 0.759. The molecule has 0 aliphatic heterocycles. The number of aromatic nitrogens is 4. The second-order valence-corrected chi connectivity index (χ2v) is 6.07. The molecule has 3 aromatic rings. The van der Waals surface area contributed by atoms with E-state index in [9.17, 15) is 14.4 Å². The fourth-order valence-corrected chi connectivity index (χ4v) is 2.86. The Labute approximate surface area is 143 Å². The summed E-state index contributed by atoms with van der Waals surface area (Å²) in [6.07, 6.45) is 1.40. The molecule has 1 N–H and O–H groups in total. The first-order valence-corrected chi connectivity index (χ1v) is 7.78.